The molecule has 1 aromatic rings. The number of rotatable bonds is 7. The van der Waals surface area contributed by atoms with Crippen LogP contribution in [0.1, 0.15) is 37.7 Å². The first-order valence-corrected chi connectivity index (χ1v) is 8.06. The van der Waals surface area contributed by atoms with Crippen LogP contribution < -0.4 is 10.1 Å². The van der Waals surface area contributed by atoms with E-state index in [1.807, 2.05) is 6.07 Å². The zero-order chi connectivity index (χ0) is 14.8. The Morgan fingerprint density at radius 3 is 2.62 bits per heavy atom. The fourth-order valence-electron chi connectivity index (χ4n) is 4.30. The number of methoxy groups -OCH3 is 2. The topological polar surface area (TPSA) is 30.5 Å². The van der Waals surface area contributed by atoms with Crippen molar-refractivity contribution in [2.75, 3.05) is 33.9 Å². The number of nitrogens with one attached hydrogen (secondary N) is 1. The average Bonchev–Trinajstić information content (AvgIpc) is 2.44. The van der Waals surface area contributed by atoms with Crippen molar-refractivity contribution < 1.29 is 9.47 Å². The zero-order valence-electron chi connectivity index (χ0n) is 13.3. The summed E-state index contributed by atoms with van der Waals surface area (Å²) in [5, 5.41) is 3.59. The molecule has 1 N–H and O–H groups in total. The quantitative estimate of drug-likeness (QED) is 0.782. The molecular formula is C18H27NO2. The van der Waals surface area contributed by atoms with Crippen LogP contribution in [-0.4, -0.2) is 33.9 Å². The van der Waals surface area contributed by atoms with Gasteiger partial charge in [0.25, 0.3) is 0 Å². The largest absolute Gasteiger partial charge is 0.497 e. The first-order valence-electron chi connectivity index (χ1n) is 8.06. The van der Waals surface area contributed by atoms with Gasteiger partial charge in [0.2, 0.25) is 0 Å². The van der Waals surface area contributed by atoms with E-state index in [0.29, 0.717) is 10.8 Å². The SMILES string of the molecule is COCCNCC1(c2cccc(OC)c2)CC2(CCC2)C1. The van der Waals surface area contributed by atoms with Gasteiger partial charge in [-0.2, -0.15) is 0 Å². The molecule has 0 aromatic heterocycles. The average molecular weight is 289 g/mol. The Bertz CT molecular complexity index is 474. The summed E-state index contributed by atoms with van der Waals surface area (Å²) in [7, 11) is 3.50. The second kappa shape index (κ2) is 5.98. The minimum absolute atomic E-state index is 0.294. The van der Waals surface area contributed by atoms with Gasteiger partial charge in [0, 0.05) is 25.6 Å². The van der Waals surface area contributed by atoms with Gasteiger partial charge >= 0.3 is 0 Å². The van der Waals surface area contributed by atoms with Crippen molar-refractivity contribution in [2.45, 2.75) is 37.5 Å². The first-order chi connectivity index (χ1) is 10.2. The Morgan fingerprint density at radius 2 is 2.00 bits per heavy atom. The van der Waals surface area contributed by atoms with Crippen molar-refractivity contribution in [1.29, 1.82) is 0 Å². The summed E-state index contributed by atoms with van der Waals surface area (Å²) in [6, 6.07) is 8.65. The van der Waals surface area contributed by atoms with Crippen molar-refractivity contribution >= 4 is 0 Å². The molecule has 0 atom stereocenters. The Kier molecular flexibility index (Phi) is 4.23. The van der Waals surface area contributed by atoms with Crippen molar-refractivity contribution in [2.24, 2.45) is 5.41 Å². The van der Waals surface area contributed by atoms with E-state index < -0.39 is 0 Å². The molecule has 3 rings (SSSR count). The van der Waals surface area contributed by atoms with E-state index in [4.69, 9.17) is 9.47 Å². The lowest BCUT2D eigenvalue weighted by molar-refractivity contribution is -0.0486. The smallest absolute Gasteiger partial charge is 0.119 e. The highest BCUT2D eigenvalue weighted by Crippen LogP contribution is 2.64. The summed E-state index contributed by atoms with van der Waals surface area (Å²) in [6.07, 6.45) is 6.93. The molecule has 2 saturated carbocycles. The van der Waals surface area contributed by atoms with Gasteiger partial charge in [0.1, 0.15) is 5.75 Å². The second-order valence-corrected chi connectivity index (χ2v) is 6.89. The number of benzene rings is 1. The van der Waals surface area contributed by atoms with E-state index in [2.05, 4.69) is 23.5 Å². The molecule has 0 unspecified atom stereocenters. The summed E-state index contributed by atoms with van der Waals surface area (Å²) in [4.78, 5) is 0. The van der Waals surface area contributed by atoms with Gasteiger partial charge in [-0.25, -0.2) is 0 Å². The van der Waals surface area contributed by atoms with Crippen molar-refractivity contribution in [3.8, 4) is 5.75 Å². The van der Waals surface area contributed by atoms with Crippen LogP contribution in [0.5, 0.6) is 5.75 Å². The van der Waals surface area contributed by atoms with Gasteiger partial charge in [-0.05, 0) is 48.8 Å². The molecule has 2 aliphatic carbocycles. The monoisotopic (exact) mass is 289 g/mol. The first kappa shape index (κ1) is 14.9. The predicted octanol–water partition coefficient (Wildman–Crippen LogP) is 3.13. The molecule has 0 amide bonds. The number of hydrogen-bond acceptors (Lipinski definition) is 3. The molecule has 0 aliphatic heterocycles. The predicted molar refractivity (Wildman–Crippen MR) is 84.9 cm³/mol. The Hall–Kier alpha value is -1.06. The highest BCUT2D eigenvalue weighted by Gasteiger charge is 2.57. The highest BCUT2D eigenvalue weighted by atomic mass is 16.5. The maximum atomic E-state index is 5.41. The number of hydrogen-bond donors (Lipinski definition) is 1. The molecule has 3 nitrogen and oxygen atoms in total. The van der Waals surface area contributed by atoms with Crippen LogP contribution in [0.15, 0.2) is 24.3 Å². The van der Waals surface area contributed by atoms with Crippen molar-refractivity contribution in [3.63, 3.8) is 0 Å². The Balaban J connectivity index is 1.72. The maximum absolute atomic E-state index is 5.41. The summed E-state index contributed by atoms with van der Waals surface area (Å²) in [5.41, 5.74) is 2.39. The van der Waals surface area contributed by atoms with Crippen LogP contribution in [0.2, 0.25) is 0 Å². The van der Waals surface area contributed by atoms with Gasteiger partial charge < -0.3 is 14.8 Å². The van der Waals surface area contributed by atoms with Gasteiger partial charge in [-0.1, -0.05) is 18.6 Å². The lowest BCUT2D eigenvalue weighted by atomic mass is 9.43. The van der Waals surface area contributed by atoms with Crippen LogP contribution in [0.3, 0.4) is 0 Å². The van der Waals surface area contributed by atoms with E-state index in [0.717, 1.165) is 25.4 Å². The fourth-order valence-corrected chi connectivity index (χ4v) is 4.30. The lowest BCUT2D eigenvalue weighted by Gasteiger charge is -2.61. The normalized spacial score (nSPS) is 21.6. The molecule has 0 radical (unpaired) electrons. The van der Waals surface area contributed by atoms with Crippen LogP contribution in [0, 0.1) is 5.41 Å². The third kappa shape index (κ3) is 2.82. The third-order valence-corrected chi connectivity index (χ3v) is 5.47. The van der Waals surface area contributed by atoms with Gasteiger partial charge in [-0.3, -0.25) is 0 Å². The van der Waals surface area contributed by atoms with E-state index in [9.17, 15) is 0 Å². The van der Waals surface area contributed by atoms with E-state index in [-0.39, 0.29) is 0 Å². The molecule has 3 heteroatoms. The van der Waals surface area contributed by atoms with E-state index in [1.54, 1.807) is 14.2 Å². The summed E-state index contributed by atoms with van der Waals surface area (Å²) >= 11 is 0. The minimum atomic E-state index is 0.294. The Morgan fingerprint density at radius 1 is 1.19 bits per heavy atom. The van der Waals surface area contributed by atoms with E-state index in [1.165, 1.54) is 37.7 Å². The Labute approximate surface area is 128 Å². The molecular weight excluding hydrogens is 262 g/mol. The summed E-state index contributed by atoms with van der Waals surface area (Å²) in [6.45, 7) is 2.75. The molecule has 2 fully saturated rings. The van der Waals surface area contributed by atoms with Gasteiger partial charge in [-0.15, -0.1) is 0 Å². The van der Waals surface area contributed by atoms with E-state index >= 15 is 0 Å². The van der Waals surface area contributed by atoms with Crippen molar-refractivity contribution in [3.05, 3.63) is 29.8 Å². The third-order valence-electron chi connectivity index (χ3n) is 5.47. The standard InChI is InChI=1S/C18H27NO2/c1-20-10-9-19-14-18(12-17(13-18)7-4-8-17)15-5-3-6-16(11-15)21-2/h3,5-6,11,19H,4,7-10,12-14H2,1-2H3. The molecule has 2 aliphatic rings. The number of ether oxygens (including phenoxy) is 2. The van der Waals surface area contributed by atoms with Gasteiger partial charge in [0.15, 0.2) is 0 Å². The second-order valence-electron chi connectivity index (χ2n) is 6.89. The summed E-state index contributed by atoms with van der Waals surface area (Å²) < 4.78 is 10.6. The van der Waals surface area contributed by atoms with Crippen LogP contribution >= 0.6 is 0 Å². The molecule has 1 spiro atoms. The van der Waals surface area contributed by atoms with Crippen LogP contribution in [0.25, 0.3) is 0 Å². The lowest BCUT2D eigenvalue weighted by Crippen LogP contribution is -2.57. The molecule has 116 valence electrons. The molecule has 1 aromatic carbocycles. The fraction of sp³-hybridized carbons (Fsp3) is 0.667. The molecule has 0 bridgehead atoms. The van der Waals surface area contributed by atoms with Crippen molar-refractivity contribution in [1.82, 2.24) is 5.32 Å². The van der Waals surface area contributed by atoms with Crippen LogP contribution in [-0.2, 0) is 10.2 Å². The van der Waals surface area contributed by atoms with Crippen LogP contribution in [0.4, 0.5) is 0 Å². The molecule has 0 saturated heterocycles. The summed E-state index contributed by atoms with van der Waals surface area (Å²) in [5.74, 6) is 0.971. The maximum Gasteiger partial charge on any atom is 0.119 e. The molecule has 0 heterocycles. The van der Waals surface area contributed by atoms with Gasteiger partial charge in [0.05, 0.1) is 13.7 Å². The highest BCUT2D eigenvalue weighted by molar-refractivity contribution is 5.38. The zero-order valence-corrected chi connectivity index (χ0v) is 13.3. The molecule has 21 heavy (non-hydrogen) atoms. The minimum Gasteiger partial charge on any atom is -0.497 e.